The minimum absolute atomic E-state index is 0.386. The minimum Gasteiger partial charge on any atom is -0.458 e. The molecule has 0 aliphatic heterocycles. The Kier molecular flexibility index (Phi) is 11.4. The molecule has 0 aliphatic carbocycles. The zero-order valence-electron chi connectivity index (χ0n) is 18.8. The number of hydrogen-bond acceptors (Lipinski definition) is 7. The Morgan fingerprint density at radius 1 is 1.13 bits per heavy atom. The van der Waals surface area contributed by atoms with Crippen molar-refractivity contribution in [1.82, 2.24) is 21.1 Å². The number of rotatable bonds is 10. The summed E-state index contributed by atoms with van der Waals surface area (Å²) in [6, 6.07) is 4.64. The number of thiocarbonyl (C=S) groups is 2. The predicted octanol–water partition coefficient (Wildman–Crippen LogP) is 3.08. The van der Waals surface area contributed by atoms with E-state index in [0.717, 1.165) is 5.76 Å². The zero-order valence-corrected chi connectivity index (χ0v) is 20.4. The fourth-order valence-electron chi connectivity index (χ4n) is 2.60. The van der Waals surface area contributed by atoms with Crippen LogP contribution in [0.1, 0.15) is 53.1 Å². The van der Waals surface area contributed by atoms with Crippen LogP contribution in [0.5, 0.6) is 0 Å². The van der Waals surface area contributed by atoms with Gasteiger partial charge in [-0.25, -0.2) is 0 Å². The van der Waals surface area contributed by atoms with Crippen LogP contribution in [0, 0.1) is 0 Å². The van der Waals surface area contributed by atoms with Gasteiger partial charge in [0, 0.05) is 25.7 Å². The molecule has 3 N–H and O–H groups in total. The Morgan fingerprint density at radius 3 is 2.37 bits per heavy atom. The van der Waals surface area contributed by atoms with Crippen LogP contribution in [0.15, 0.2) is 31.7 Å². The summed E-state index contributed by atoms with van der Waals surface area (Å²) in [6.45, 7) is 13.8. The van der Waals surface area contributed by atoms with E-state index in [1.165, 1.54) is 0 Å². The standard InChI is InChI=1S/C20H33N7OS2/c1-8-22-11-18(29)24-23-15(6)19(25-26-20(30)21-7)17-10-9-16(28-17)12-27(13(2)3)14(4)5/h9-11,13-14H,8,12H2,1-7H3,(H,24,29)(H2,21,26,30)/b22-11?,23-15+,25-19-. The lowest BCUT2D eigenvalue weighted by atomic mass is 10.2. The molecule has 1 rings (SSSR count). The number of nitrogens with one attached hydrogen (secondary N) is 3. The van der Waals surface area contributed by atoms with Crippen LogP contribution in [0.4, 0.5) is 0 Å². The van der Waals surface area contributed by atoms with Gasteiger partial charge in [-0.2, -0.15) is 10.2 Å². The van der Waals surface area contributed by atoms with Crippen LogP contribution >= 0.6 is 24.4 Å². The first-order valence-corrected chi connectivity index (χ1v) is 10.8. The summed E-state index contributed by atoms with van der Waals surface area (Å²) < 4.78 is 6.09. The molecule has 0 atom stereocenters. The smallest absolute Gasteiger partial charge is 0.186 e. The van der Waals surface area contributed by atoms with Crippen molar-refractivity contribution in [2.75, 3.05) is 13.6 Å². The molecule has 166 valence electrons. The number of hydrogen-bond donors (Lipinski definition) is 3. The highest BCUT2D eigenvalue weighted by molar-refractivity contribution is 7.81. The average molecular weight is 452 g/mol. The van der Waals surface area contributed by atoms with Gasteiger partial charge in [0.25, 0.3) is 0 Å². The average Bonchev–Trinajstić information content (AvgIpc) is 3.16. The molecule has 0 aliphatic rings. The molecule has 0 bridgehead atoms. The molecular formula is C20H33N7OS2. The van der Waals surface area contributed by atoms with Crippen molar-refractivity contribution in [3.8, 4) is 0 Å². The van der Waals surface area contributed by atoms with Crippen molar-refractivity contribution in [2.24, 2.45) is 15.2 Å². The van der Waals surface area contributed by atoms with Crippen molar-refractivity contribution in [3.05, 3.63) is 23.7 Å². The van der Waals surface area contributed by atoms with Crippen molar-refractivity contribution < 1.29 is 4.42 Å². The molecule has 1 aromatic rings. The monoisotopic (exact) mass is 451 g/mol. The SMILES string of the molecule is CCN=CC(=S)N/N=C(C)/C(=N/NC(=S)NC)c1ccc(CN(C(C)C)C(C)C)o1. The first-order valence-electron chi connectivity index (χ1n) is 9.94. The molecular weight excluding hydrogens is 418 g/mol. The van der Waals surface area contributed by atoms with Crippen LogP contribution in [0.3, 0.4) is 0 Å². The third-order valence-corrected chi connectivity index (χ3v) is 4.62. The molecule has 1 aromatic heterocycles. The van der Waals surface area contributed by atoms with Gasteiger partial charge in [-0.3, -0.25) is 20.7 Å². The van der Waals surface area contributed by atoms with Crippen molar-refractivity contribution in [1.29, 1.82) is 0 Å². The van der Waals surface area contributed by atoms with Gasteiger partial charge in [-0.15, -0.1) is 0 Å². The summed E-state index contributed by atoms with van der Waals surface area (Å²) >= 11 is 10.3. The number of furan rings is 1. The van der Waals surface area contributed by atoms with Crippen molar-refractivity contribution in [2.45, 2.75) is 60.2 Å². The Bertz CT molecular complexity index is 789. The number of nitrogens with zero attached hydrogens (tertiary/aromatic N) is 4. The van der Waals surface area contributed by atoms with Gasteiger partial charge >= 0.3 is 0 Å². The van der Waals surface area contributed by atoms with E-state index in [1.807, 2.05) is 26.0 Å². The first kappa shape index (κ1) is 25.9. The second-order valence-corrected chi connectivity index (χ2v) is 7.93. The number of aliphatic imine (C=N–C) groups is 1. The molecule has 0 spiro atoms. The molecule has 0 saturated carbocycles. The lowest BCUT2D eigenvalue weighted by Gasteiger charge is -2.29. The van der Waals surface area contributed by atoms with Gasteiger partial charge in [0.05, 0.1) is 18.5 Å². The fourth-order valence-corrected chi connectivity index (χ4v) is 2.77. The Labute approximate surface area is 190 Å². The molecule has 8 nitrogen and oxygen atoms in total. The van der Waals surface area contributed by atoms with E-state index in [2.05, 4.69) is 64.0 Å². The van der Waals surface area contributed by atoms with E-state index in [0.29, 0.717) is 52.5 Å². The highest BCUT2D eigenvalue weighted by Gasteiger charge is 2.18. The second-order valence-electron chi connectivity index (χ2n) is 7.08. The molecule has 0 unspecified atom stereocenters. The quantitative estimate of drug-likeness (QED) is 0.286. The van der Waals surface area contributed by atoms with Gasteiger partial charge in [0.2, 0.25) is 0 Å². The number of hydrazone groups is 2. The Morgan fingerprint density at radius 2 is 1.80 bits per heavy atom. The third kappa shape index (κ3) is 8.68. The molecule has 10 heteroatoms. The Hall–Kier alpha value is -2.17. The van der Waals surface area contributed by atoms with E-state index in [9.17, 15) is 0 Å². The largest absolute Gasteiger partial charge is 0.458 e. The molecule has 0 fully saturated rings. The summed E-state index contributed by atoms with van der Waals surface area (Å²) in [5, 5.41) is 11.9. The highest BCUT2D eigenvalue weighted by atomic mass is 32.1. The molecule has 1 heterocycles. The maximum atomic E-state index is 6.09. The van der Waals surface area contributed by atoms with Gasteiger partial charge in [-0.05, 0) is 65.9 Å². The zero-order chi connectivity index (χ0) is 22.7. The topological polar surface area (TPSA) is 89.5 Å². The Balaban J connectivity index is 3.12. The van der Waals surface area contributed by atoms with Gasteiger partial charge in [0.1, 0.15) is 16.5 Å². The van der Waals surface area contributed by atoms with Crippen LogP contribution in [-0.2, 0) is 6.54 Å². The van der Waals surface area contributed by atoms with E-state index < -0.39 is 0 Å². The molecule has 30 heavy (non-hydrogen) atoms. The lowest BCUT2D eigenvalue weighted by Crippen LogP contribution is -2.36. The summed E-state index contributed by atoms with van der Waals surface area (Å²) in [5.41, 5.74) is 6.69. The maximum absolute atomic E-state index is 6.09. The second kappa shape index (κ2) is 13.2. The minimum atomic E-state index is 0.386. The summed E-state index contributed by atoms with van der Waals surface area (Å²) in [7, 11) is 1.72. The van der Waals surface area contributed by atoms with E-state index in [4.69, 9.17) is 28.9 Å². The van der Waals surface area contributed by atoms with E-state index >= 15 is 0 Å². The molecule has 0 radical (unpaired) electrons. The van der Waals surface area contributed by atoms with Gasteiger partial charge in [0.15, 0.2) is 10.9 Å². The molecule has 0 saturated heterocycles. The maximum Gasteiger partial charge on any atom is 0.186 e. The van der Waals surface area contributed by atoms with Crippen molar-refractivity contribution in [3.63, 3.8) is 0 Å². The summed E-state index contributed by atoms with van der Waals surface area (Å²) in [5.74, 6) is 1.43. The normalized spacial score (nSPS) is 12.9. The predicted molar refractivity (Wildman–Crippen MR) is 134 cm³/mol. The van der Waals surface area contributed by atoms with Crippen LogP contribution in [0.25, 0.3) is 0 Å². The van der Waals surface area contributed by atoms with E-state index in [1.54, 1.807) is 13.3 Å². The van der Waals surface area contributed by atoms with E-state index in [-0.39, 0.29) is 0 Å². The fraction of sp³-hybridized carbons (Fsp3) is 0.550. The first-order chi connectivity index (χ1) is 14.2. The van der Waals surface area contributed by atoms with Gasteiger partial charge < -0.3 is 9.73 Å². The lowest BCUT2D eigenvalue weighted by molar-refractivity contribution is 0.153. The van der Waals surface area contributed by atoms with Gasteiger partial charge in [-0.1, -0.05) is 12.2 Å². The summed E-state index contributed by atoms with van der Waals surface area (Å²) in [4.78, 5) is 6.86. The van der Waals surface area contributed by atoms with Crippen LogP contribution in [0.2, 0.25) is 0 Å². The van der Waals surface area contributed by atoms with Crippen molar-refractivity contribution >= 4 is 52.2 Å². The summed E-state index contributed by atoms with van der Waals surface area (Å²) in [6.07, 6.45) is 1.56. The highest BCUT2D eigenvalue weighted by Crippen LogP contribution is 2.16. The third-order valence-electron chi connectivity index (χ3n) is 4.12. The molecule has 0 aromatic carbocycles. The van der Waals surface area contributed by atoms with Crippen LogP contribution in [-0.4, -0.2) is 58.3 Å². The van der Waals surface area contributed by atoms with Crippen LogP contribution < -0.4 is 16.2 Å². The molecule has 0 amide bonds.